The zero-order valence-electron chi connectivity index (χ0n) is 10.9. The van der Waals surface area contributed by atoms with Crippen LogP contribution in [0.4, 0.5) is 0 Å². The van der Waals surface area contributed by atoms with E-state index in [9.17, 15) is 8.42 Å². The number of nitrogens with one attached hydrogen (secondary N) is 2. The molecule has 1 aromatic carbocycles. The summed E-state index contributed by atoms with van der Waals surface area (Å²) in [6.07, 6.45) is 1.81. The topological polar surface area (TPSA) is 58.2 Å². The molecule has 1 aromatic rings. The molecule has 2 atom stereocenters. The Hall–Kier alpha value is 0.150. The third-order valence-electron chi connectivity index (χ3n) is 3.27. The summed E-state index contributed by atoms with van der Waals surface area (Å²) in [7, 11) is -3.57. The minimum absolute atomic E-state index is 0. The van der Waals surface area contributed by atoms with Crippen LogP contribution in [0.2, 0.25) is 5.02 Å². The molecule has 20 heavy (non-hydrogen) atoms. The van der Waals surface area contributed by atoms with Gasteiger partial charge in [-0.15, -0.1) is 12.4 Å². The monoisotopic (exact) mass is 402 g/mol. The predicted molar refractivity (Wildman–Crippen MR) is 87.2 cm³/mol. The van der Waals surface area contributed by atoms with Crippen molar-refractivity contribution in [2.45, 2.75) is 36.7 Å². The van der Waals surface area contributed by atoms with Gasteiger partial charge in [-0.25, -0.2) is 13.1 Å². The van der Waals surface area contributed by atoms with Gasteiger partial charge in [-0.3, -0.25) is 0 Å². The molecule has 0 aliphatic carbocycles. The van der Waals surface area contributed by atoms with E-state index < -0.39 is 10.0 Å². The van der Waals surface area contributed by atoms with E-state index in [0.717, 1.165) is 19.4 Å². The fourth-order valence-corrected chi connectivity index (χ4v) is 4.74. The Balaban J connectivity index is 0.00000200. The summed E-state index contributed by atoms with van der Waals surface area (Å²) in [6, 6.07) is 4.85. The molecule has 1 aliphatic rings. The summed E-state index contributed by atoms with van der Waals surface area (Å²) in [5, 5.41) is 3.65. The van der Waals surface area contributed by atoms with Crippen LogP contribution in [0.15, 0.2) is 27.6 Å². The van der Waals surface area contributed by atoms with Gasteiger partial charge in [0.2, 0.25) is 10.0 Å². The molecule has 4 nitrogen and oxygen atoms in total. The zero-order chi connectivity index (χ0) is 14.0. The highest BCUT2D eigenvalue weighted by Crippen LogP contribution is 2.29. The number of benzene rings is 1. The van der Waals surface area contributed by atoms with Crippen LogP contribution in [0, 0.1) is 0 Å². The van der Waals surface area contributed by atoms with E-state index in [1.165, 1.54) is 0 Å². The SMILES string of the molecule is CC1NCCCC1NS(=O)(=O)c1cccc(Cl)c1Br.Cl. The lowest BCUT2D eigenvalue weighted by Gasteiger charge is -2.30. The van der Waals surface area contributed by atoms with Gasteiger partial charge in [-0.2, -0.15) is 0 Å². The smallest absolute Gasteiger partial charge is 0.242 e. The maximum Gasteiger partial charge on any atom is 0.242 e. The van der Waals surface area contributed by atoms with Crippen LogP contribution < -0.4 is 10.0 Å². The second kappa shape index (κ2) is 7.42. The lowest BCUT2D eigenvalue weighted by atomic mass is 10.0. The number of hydrogen-bond donors (Lipinski definition) is 2. The summed E-state index contributed by atoms with van der Waals surface area (Å²) in [5.41, 5.74) is 0. The highest BCUT2D eigenvalue weighted by Gasteiger charge is 2.28. The third kappa shape index (κ3) is 4.08. The molecular weight excluding hydrogens is 387 g/mol. The Morgan fingerprint density at radius 3 is 2.80 bits per heavy atom. The average Bonchev–Trinajstić information content (AvgIpc) is 2.35. The van der Waals surface area contributed by atoms with Crippen LogP contribution in [-0.2, 0) is 10.0 Å². The first-order valence-electron chi connectivity index (χ1n) is 6.11. The van der Waals surface area contributed by atoms with Crippen LogP contribution in [-0.4, -0.2) is 27.0 Å². The Bertz CT molecular complexity index is 569. The Morgan fingerprint density at radius 1 is 1.45 bits per heavy atom. The first kappa shape index (κ1) is 18.2. The molecule has 1 saturated heterocycles. The van der Waals surface area contributed by atoms with Gasteiger partial charge in [-0.1, -0.05) is 17.7 Å². The van der Waals surface area contributed by atoms with E-state index in [4.69, 9.17) is 11.6 Å². The van der Waals surface area contributed by atoms with E-state index in [1.54, 1.807) is 18.2 Å². The van der Waals surface area contributed by atoms with Crippen molar-refractivity contribution in [3.8, 4) is 0 Å². The van der Waals surface area contributed by atoms with Crippen molar-refractivity contribution in [2.75, 3.05) is 6.54 Å². The summed E-state index contributed by atoms with van der Waals surface area (Å²) in [4.78, 5) is 0.178. The Labute approximate surface area is 139 Å². The summed E-state index contributed by atoms with van der Waals surface area (Å²) < 4.78 is 27.9. The van der Waals surface area contributed by atoms with Crippen LogP contribution in [0.1, 0.15) is 19.8 Å². The highest BCUT2D eigenvalue weighted by molar-refractivity contribution is 9.10. The number of halogens is 3. The number of piperidine rings is 1. The van der Waals surface area contributed by atoms with Crippen molar-refractivity contribution in [3.05, 3.63) is 27.7 Å². The lowest BCUT2D eigenvalue weighted by molar-refractivity contribution is 0.349. The van der Waals surface area contributed by atoms with Crippen molar-refractivity contribution >= 4 is 50.0 Å². The van der Waals surface area contributed by atoms with E-state index in [1.807, 2.05) is 6.92 Å². The molecule has 0 bridgehead atoms. The first-order valence-corrected chi connectivity index (χ1v) is 8.77. The number of rotatable bonds is 3. The van der Waals surface area contributed by atoms with Crippen molar-refractivity contribution in [1.82, 2.24) is 10.0 Å². The predicted octanol–water partition coefficient (Wildman–Crippen LogP) is 2.94. The third-order valence-corrected chi connectivity index (χ3v) is 6.47. The number of hydrogen-bond acceptors (Lipinski definition) is 3. The van der Waals surface area contributed by atoms with Crippen molar-refractivity contribution in [3.63, 3.8) is 0 Å². The van der Waals surface area contributed by atoms with Gasteiger partial charge in [0.25, 0.3) is 0 Å². The summed E-state index contributed by atoms with van der Waals surface area (Å²) in [6.45, 7) is 2.92. The van der Waals surface area contributed by atoms with Crippen LogP contribution >= 0.6 is 39.9 Å². The molecule has 1 aliphatic heterocycles. The van der Waals surface area contributed by atoms with E-state index >= 15 is 0 Å². The molecule has 0 spiro atoms. The van der Waals surface area contributed by atoms with Crippen molar-refractivity contribution in [2.24, 2.45) is 0 Å². The van der Waals surface area contributed by atoms with Crippen molar-refractivity contribution < 1.29 is 8.42 Å². The van der Waals surface area contributed by atoms with Crippen LogP contribution in [0.5, 0.6) is 0 Å². The van der Waals surface area contributed by atoms with Gasteiger partial charge in [-0.05, 0) is 54.4 Å². The van der Waals surface area contributed by atoms with Crippen molar-refractivity contribution in [1.29, 1.82) is 0 Å². The highest BCUT2D eigenvalue weighted by atomic mass is 79.9. The minimum atomic E-state index is -3.57. The molecule has 114 valence electrons. The van der Waals surface area contributed by atoms with E-state index in [-0.39, 0.29) is 29.4 Å². The molecular formula is C12H17BrCl2N2O2S. The molecule has 0 saturated carbocycles. The zero-order valence-corrected chi connectivity index (χ0v) is 14.9. The molecule has 8 heteroatoms. The van der Waals surface area contributed by atoms with Crippen LogP contribution in [0.25, 0.3) is 0 Å². The molecule has 0 aromatic heterocycles. The minimum Gasteiger partial charge on any atom is -0.313 e. The first-order chi connectivity index (χ1) is 8.92. The normalized spacial score (nSPS) is 23.1. The van der Waals surface area contributed by atoms with Crippen LogP contribution in [0.3, 0.4) is 0 Å². The second-order valence-corrected chi connectivity index (χ2v) is 7.55. The van der Waals surface area contributed by atoms with Gasteiger partial charge in [0, 0.05) is 12.1 Å². The van der Waals surface area contributed by atoms with E-state index in [0.29, 0.717) is 9.50 Å². The number of sulfonamides is 1. The fraction of sp³-hybridized carbons (Fsp3) is 0.500. The molecule has 0 radical (unpaired) electrons. The Kier molecular flexibility index (Phi) is 6.76. The van der Waals surface area contributed by atoms with Gasteiger partial charge >= 0.3 is 0 Å². The average molecular weight is 404 g/mol. The molecule has 2 N–H and O–H groups in total. The van der Waals surface area contributed by atoms with Gasteiger partial charge in [0.1, 0.15) is 0 Å². The summed E-state index contributed by atoms with van der Waals surface area (Å²) >= 11 is 9.17. The molecule has 1 fully saturated rings. The Morgan fingerprint density at radius 2 is 2.15 bits per heavy atom. The lowest BCUT2D eigenvalue weighted by Crippen LogP contribution is -2.51. The summed E-state index contributed by atoms with van der Waals surface area (Å²) in [5.74, 6) is 0. The van der Waals surface area contributed by atoms with Gasteiger partial charge in [0.05, 0.1) is 14.4 Å². The molecule has 2 unspecified atom stereocenters. The maximum absolute atomic E-state index is 12.4. The molecule has 1 heterocycles. The van der Waals surface area contributed by atoms with E-state index in [2.05, 4.69) is 26.0 Å². The second-order valence-electron chi connectivity index (χ2n) is 4.66. The maximum atomic E-state index is 12.4. The van der Waals surface area contributed by atoms with Gasteiger partial charge < -0.3 is 5.32 Å². The molecule has 2 rings (SSSR count). The fourth-order valence-electron chi connectivity index (χ4n) is 2.16. The largest absolute Gasteiger partial charge is 0.313 e. The quantitative estimate of drug-likeness (QED) is 0.815. The standard InChI is InChI=1S/C12H16BrClN2O2S.ClH/c1-8-10(5-3-7-15-8)16-19(17,18)11-6-2-4-9(14)12(11)13;/h2,4,6,8,10,15-16H,3,5,7H2,1H3;1H. The molecule has 0 amide bonds. The van der Waals surface area contributed by atoms with Gasteiger partial charge in [0.15, 0.2) is 0 Å².